The smallest absolute Gasteiger partial charge is 0.297 e. The Labute approximate surface area is 614 Å². The standard InChI is InChI=1S/C96H78B2N6O/c1-93(2)46-47-94(3,4)71-50-62(44-45-70(71)93)104-87-54-64(103-79-41-25-20-36-67(79)68-37-21-26-42-80(68)103)53-86-90(87)98(92-91(104)69-55-72-73(56-88(69)105-92)96(7,8)49-48-95(72,5)6)76-57-75-82(58-83(76)101(86)61-32-16-11-17-33-61)100(60-30-14-10-15-31-60)85-52-63(102-77-39-23-18-34-65(77)66-35-19-24-40-78(66)102)51-84-89(85)97(75)74-38-22-27-43-81(74)99(84)59-28-12-9-13-29-59/h9-45,50-58H,46-49H2,1-8H3. The van der Waals surface area contributed by atoms with Crippen LogP contribution in [0.3, 0.4) is 0 Å². The molecular formula is C96H78B2N6O. The molecule has 7 nitrogen and oxygen atoms in total. The van der Waals surface area contributed by atoms with Crippen molar-refractivity contribution < 1.29 is 4.42 Å². The van der Waals surface area contributed by atoms with Gasteiger partial charge in [-0.1, -0.05) is 213 Å². The first-order valence-corrected chi connectivity index (χ1v) is 37.8. The number of fused-ring (bicyclic) bond motifs is 18. The molecule has 0 fully saturated rings. The summed E-state index contributed by atoms with van der Waals surface area (Å²) in [5.41, 5.74) is 34.0. The molecule has 7 heterocycles. The zero-order valence-electron chi connectivity index (χ0n) is 60.6. The van der Waals surface area contributed by atoms with Gasteiger partial charge < -0.3 is 33.2 Å². The van der Waals surface area contributed by atoms with Crippen LogP contribution in [0.4, 0.5) is 68.2 Å². The van der Waals surface area contributed by atoms with Gasteiger partial charge in [-0.05, 0) is 218 Å². The summed E-state index contributed by atoms with van der Waals surface area (Å²) in [4.78, 5) is 10.5. The van der Waals surface area contributed by atoms with Crippen molar-refractivity contribution in [3.8, 4) is 11.4 Å². The van der Waals surface area contributed by atoms with E-state index in [-0.39, 0.29) is 35.1 Å². The molecule has 0 amide bonds. The molecule has 0 radical (unpaired) electrons. The number of nitrogens with zero attached hydrogens (tertiary/aromatic N) is 6. The van der Waals surface area contributed by atoms with Crippen molar-refractivity contribution in [2.45, 2.75) is 103 Å². The summed E-state index contributed by atoms with van der Waals surface area (Å²) in [6, 6.07) is 107. The summed E-state index contributed by atoms with van der Waals surface area (Å²) < 4.78 is 13.2. The molecule has 13 aromatic carbocycles. The summed E-state index contributed by atoms with van der Waals surface area (Å²) in [5, 5.41) is 6.07. The predicted molar refractivity (Wildman–Crippen MR) is 444 cm³/mol. The van der Waals surface area contributed by atoms with Gasteiger partial charge in [0.15, 0.2) is 0 Å². The van der Waals surface area contributed by atoms with E-state index in [1.54, 1.807) is 0 Å². The molecule has 0 atom stereocenters. The van der Waals surface area contributed by atoms with Gasteiger partial charge in [0.1, 0.15) is 5.58 Å². The van der Waals surface area contributed by atoms with E-state index in [2.05, 4.69) is 363 Å². The van der Waals surface area contributed by atoms with E-state index in [0.717, 1.165) is 116 Å². The van der Waals surface area contributed by atoms with Gasteiger partial charge in [0.05, 0.1) is 44.8 Å². The SMILES string of the molecule is CC1(C)CCC(C)(C)c2cc(N3c4cc(-n5c6ccccc6c6ccccc65)cc5c4B(c4cc6c(cc4N5c4ccccc4)N(c4ccccc4)c4cc(-n5c7ccccc7c7ccccc75)cc5c4B6c4ccccc4N5c4ccccc4)c4oc5cc6c(cc5c43)C(C)(C)CCC6(C)C)ccc21. The zero-order valence-corrected chi connectivity index (χ0v) is 60.6. The summed E-state index contributed by atoms with van der Waals surface area (Å²) in [5.74, 6) is 0. The highest BCUT2D eigenvalue weighted by Crippen LogP contribution is 2.56. The van der Waals surface area contributed by atoms with Crippen molar-refractivity contribution in [1.29, 1.82) is 0 Å². The Balaban J connectivity index is 0.897. The summed E-state index contributed by atoms with van der Waals surface area (Å²) in [6.07, 6.45) is 4.44. The Morgan fingerprint density at radius 1 is 0.267 bits per heavy atom. The Bertz CT molecular complexity index is 6310. The van der Waals surface area contributed by atoms with Gasteiger partial charge in [0.25, 0.3) is 13.4 Å². The van der Waals surface area contributed by atoms with Crippen molar-refractivity contribution in [3.05, 3.63) is 301 Å². The van der Waals surface area contributed by atoms with Crippen LogP contribution in [0.5, 0.6) is 0 Å². The van der Waals surface area contributed by atoms with E-state index in [1.807, 2.05) is 0 Å². The molecular weight excluding hydrogens is 1270 g/mol. The largest absolute Gasteiger partial charge is 0.468 e. The van der Waals surface area contributed by atoms with E-state index in [4.69, 9.17) is 4.42 Å². The fourth-order valence-electron chi connectivity index (χ4n) is 20.2. The number of benzene rings is 13. The number of aromatic nitrogens is 2. The van der Waals surface area contributed by atoms with Crippen molar-refractivity contribution in [2.24, 2.45) is 0 Å². The van der Waals surface area contributed by atoms with Crippen LogP contribution in [0.2, 0.25) is 0 Å². The van der Waals surface area contributed by atoms with Crippen LogP contribution in [-0.4, -0.2) is 22.6 Å². The van der Waals surface area contributed by atoms with Crippen molar-refractivity contribution >= 4 is 169 Å². The molecule has 16 aromatic rings. The van der Waals surface area contributed by atoms with Crippen LogP contribution in [0.25, 0.3) is 66.0 Å². The Morgan fingerprint density at radius 2 is 0.648 bits per heavy atom. The van der Waals surface area contributed by atoms with Gasteiger partial charge in [0, 0.05) is 89.5 Å². The monoisotopic (exact) mass is 1350 g/mol. The molecule has 22 rings (SSSR count). The molecule has 6 aliphatic rings. The van der Waals surface area contributed by atoms with Gasteiger partial charge in [-0.3, -0.25) is 0 Å². The maximum atomic E-state index is 8.14. The molecule has 0 bridgehead atoms. The third kappa shape index (κ3) is 8.46. The van der Waals surface area contributed by atoms with Gasteiger partial charge in [-0.2, -0.15) is 0 Å². The summed E-state index contributed by atoms with van der Waals surface area (Å²) in [7, 11) is 0. The first-order valence-electron chi connectivity index (χ1n) is 37.8. The number of anilines is 12. The quantitative estimate of drug-likeness (QED) is 0.155. The fraction of sp³-hybridized carbons (Fsp3) is 0.167. The molecule has 0 unspecified atom stereocenters. The maximum absolute atomic E-state index is 8.14. The highest BCUT2D eigenvalue weighted by Gasteiger charge is 2.52. The molecule has 105 heavy (non-hydrogen) atoms. The first kappa shape index (κ1) is 60.9. The second-order valence-electron chi connectivity index (χ2n) is 33.3. The van der Waals surface area contributed by atoms with Crippen LogP contribution < -0.4 is 52.6 Å². The van der Waals surface area contributed by atoms with Crippen LogP contribution >= 0.6 is 0 Å². The van der Waals surface area contributed by atoms with Crippen LogP contribution in [0.15, 0.2) is 283 Å². The van der Waals surface area contributed by atoms with Crippen molar-refractivity contribution in [1.82, 2.24) is 9.13 Å². The number of para-hydroxylation sites is 8. The fourth-order valence-corrected chi connectivity index (χ4v) is 20.2. The third-order valence-electron chi connectivity index (χ3n) is 25.5. The van der Waals surface area contributed by atoms with E-state index >= 15 is 0 Å². The first-order chi connectivity index (χ1) is 51.1. The van der Waals surface area contributed by atoms with Gasteiger partial charge >= 0.3 is 0 Å². The van der Waals surface area contributed by atoms with E-state index in [9.17, 15) is 0 Å². The normalized spacial score (nSPS) is 16.6. The average Bonchev–Trinajstić information content (AvgIpc) is 1.65. The number of hydrogen-bond acceptors (Lipinski definition) is 5. The molecule has 0 saturated carbocycles. The zero-order chi connectivity index (χ0) is 70.3. The second-order valence-corrected chi connectivity index (χ2v) is 33.3. The minimum Gasteiger partial charge on any atom is -0.468 e. The Kier molecular flexibility index (Phi) is 12.5. The average molecular weight is 1350 g/mol. The lowest BCUT2D eigenvalue weighted by atomic mass is 9.31. The molecule has 9 heteroatoms. The molecule has 2 aliphatic carbocycles. The Hall–Kier alpha value is -11.7. The highest BCUT2D eigenvalue weighted by atomic mass is 16.3. The third-order valence-corrected chi connectivity index (χ3v) is 25.5. The molecule has 0 saturated heterocycles. The highest BCUT2D eigenvalue weighted by molar-refractivity contribution is 7.03. The minimum absolute atomic E-state index is 0.0145. The van der Waals surface area contributed by atoms with E-state index in [1.165, 1.54) is 98.9 Å². The number of furan rings is 1. The minimum atomic E-state index is -0.365. The molecule has 0 N–H and O–H groups in total. The lowest BCUT2D eigenvalue weighted by molar-refractivity contribution is 0.332. The number of rotatable bonds is 6. The molecule has 0 spiro atoms. The van der Waals surface area contributed by atoms with Crippen LogP contribution in [0.1, 0.15) is 103 Å². The number of hydrogen-bond donors (Lipinski definition) is 0. The summed E-state index contributed by atoms with van der Waals surface area (Å²) in [6.45, 7) is 19.1. The van der Waals surface area contributed by atoms with Gasteiger partial charge in [-0.15, -0.1) is 0 Å². The summed E-state index contributed by atoms with van der Waals surface area (Å²) >= 11 is 0. The molecule has 504 valence electrons. The van der Waals surface area contributed by atoms with Gasteiger partial charge in [-0.25, -0.2) is 0 Å². The van der Waals surface area contributed by atoms with E-state index < -0.39 is 0 Å². The molecule has 3 aromatic heterocycles. The van der Waals surface area contributed by atoms with Crippen molar-refractivity contribution in [3.63, 3.8) is 0 Å². The topological polar surface area (TPSA) is 36.0 Å². The second kappa shape index (κ2) is 21.5. The van der Waals surface area contributed by atoms with Crippen molar-refractivity contribution in [2.75, 3.05) is 19.6 Å². The maximum Gasteiger partial charge on any atom is 0.297 e. The van der Waals surface area contributed by atoms with E-state index in [0.29, 0.717) is 0 Å². The van der Waals surface area contributed by atoms with Gasteiger partial charge in [0.2, 0.25) is 0 Å². The Morgan fingerprint density at radius 3 is 1.13 bits per heavy atom. The lowest BCUT2D eigenvalue weighted by Gasteiger charge is -2.47. The van der Waals surface area contributed by atoms with Crippen LogP contribution in [0, 0.1) is 0 Å². The lowest BCUT2D eigenvalue weighted by Crippen LogP contribution is -2.65. The molecule has 4 aliphatic heterocycles. The van der Waals surface area contributed by atoms with Crippen LogP contribution in [-0.2, 0) is 21.7 Å². The predicted octanol–water partition coefficient (Wildman–Crippen LogP) is 21.5.